The molecule has 0 saturated heterocycles. The van der Waals surface area contributed by atoms with Crippen molar-refractivity contribution >= 4 is 0 Å². The normalized spacial score (nSPS) is 12.0. The van der Waals surface area contributed by atoms with Crippen molar-refractivity contribution in [1.29, 1.82) is 0 Å². The lowest BCUT2D eigenvalue weighted by atomic mass is 10.1. The van der Waals surface area contributed by atoms with Gasteiger partial charge in [0.05, 0.1) is 6.61 Å². The van der Waals surface area contributed by atoms with Gasteiger partial charge in [-0.3, -0.25) is 0 Å². The van der Waals surface area contributed by atoms with Gasteiger partial charge in [0, 0.05) is 6.42 Å². The van der Waals surface area contributed by atoms with E-state index in [2.05, 4.69) is 0 Å². The topological polar surface area (TPSA) is 39.8 Å². The first-order valence-electron chi connectivity index (χ1n) is 2.35. The quantitative estimate of drug-likeness (QED) is 0.499. The Kier molecular flexibility index (Phi) is 2.26. The van der Waals surface area contributed by atoms with Crippen molar-refractivity contribution in [3.63, 3.8) is 0 Å². The first kappa shape index (κ1) is 6.92. The van der Waals surface area contributed by atoms with Gasteiger partial charge in [0.2, 0.25) is 0 Å². The molecule has 2 radical (unpaired) electrons. The molecule has 2 heteroatoms. The van der Waals surface area contributed by atoms with Gasteiger partial charge >= 0.3 is 0 Å². The molecule has 42 valence electrons. The standard InChI is InChI=1S/C5H10O2/c1-5(2,7)3-4-6/h3-4H2,1-2H3. The second-order valence-corrected chi connectivity index (χ2v) is 2.21. The molecule has 0 N–H and O–H groups in total. The monoisotopic (exact) mass is 102 g/mol. The van der Waals surface area contributed by atoms with Crippen LogP contribution in [0, 0.1) is 0 Å². The number of hydrogen-bond acceptors (Lipinski definition) is 0. The van der Waals surface area contributed by atoms with E-state index in [0.717, 1.165) is 0 Å². The van der Waals surface area contributed by atoms with Gasteiger partial charge in [-0.1, -0.05) is 0 Å². The molecule has 0 aromatic heterocycles. The summed E-state index contributed by atoms with van der Waals surface area (Å²) in [6.45, 7) is 2.78. The van der Waals surface area contributed by atoms with Gasteiger partial charge in [-0.2, -0.15) is 0 Å². The average Bonchev–Trinajstić information content (AvgIpc) is 1.30. The van der Waals surface area contributed by atoms with Gasteiger partial charge in [0.15, 0.2) is 0 Å². The van der Waals surface area contributed by atoms with Gasteiger partial charge in [-0.15, -0.1) is 0 Å². The Labute approximate surface area is 43.8 Å². The van der Waals surface area contributed by atoms with Crippen LogP contribution in [0.5, 0.6) is 0 Å². The minimum atomic E-state index is -1.01. The van der Waals surface area contributed by atoms with E-state index in [1.807, 2.05) is 0 Å². The first-order valence-corrected chi connectivity index (χ1v) is 2.35. The van der Waals surface area contributed by atoms with Crippen molar-refractivity contribution in [1.82, 2.24) is 0 Å². The molecule has 2 nitrogen and oxygen atoms in total. The molecule has 0 atom stereocenters. The lowest BCUT2D eigenvalue weighted by Gasteiger charge is -2.09. The van der Waals surface area contributed by atoms with Crippen LogP contribution in [0.15, 0.2) is 0 Å². The average molecular weight is 102 g/mol. The lowest BCUT2D eigenvalue weighted by Crippen LogP contribution is -2.17. The van der Waals surface area contributed by atoms with E-state index < -0.39 is 5.60 Å². The van der Waals surface area contributed by atoms with Crippen molar-refractivity contribution < 1.29 is 10.2 Å². The minimum Gasteiger partial charge on any atom is -0.237 e. The van der Waals surface area contributed by atoms with Crippen molar-refractivity contribution in [3.05, 3.63) is 0 Å². The Balaban J connectivity index is 3.15. The molecule has 0 aromatic rings. The summed E-state index contributed by atoms with van der Waals surface area (Å²) in [7, 11) is 0. The van der Waals surface area contributed by atoms with Crippen LogP contribution in [0.2, 0.25) is 0 Å². The molecule has 0 aliphatic heterocycles. The van der Waals surface area contributed by atoms with Gasteiger partial charge in [-0.25, -0.2) is 10.2 Å². The maximum absolute atomic E-state index is 10.5. The van der Waals surface area contributed by atoms with Crippen LogP contribution in [0.1, 0.15) is 20.3 Å². The van der Waals surface area contributed by atoms with Gasteiger partial charge in [0.25, 0.3) is 0 Å². The maximum Gasteiger partial charge on any atom is 0.100 e. The Morgan fingerprint density at radius 2 is 1.86 bits per heavy atom. The van der Waals surface area contributed by atoms with Crippen molar-refractivity contribution in [2.45, 2.75) is 25.9 Å². The third kappa shape index (κ3) is 5.92. The SMILES string of the molecule is CC(C)([O])CC[O]. The van der Waals surface area contributed by atoms with Crippen molar-refractivity contribution in [2.24, 2.45) is 0 Å². The zero-order valence-corrected chi connectivity index (χ0v) is 4.73. The molecule has 0 aromatic carbocycles. The van der Waals surface area contributed by atoms with Crippen LogP contribution in [-0.2, 0) is 10.2 Å². The molecular weight excluding hydrogens is 92.1 g/mol. The summed E-state index contributed by atoms with van der Waals surface area (Å²) in [5.74, 6) is 0. The highest BCUT2D eigenvalue weighted by Crippen LogP contribution is 2.05. The smallest absolute Gasteiger partial charge is 0.100 e. The fraction of sp³-hybridized carbons (Fsp3) is 1.00. The molecule has 0 fully saturated rings. The largest absolute Gasteiger partial charge is 0.237 e. The van der Waals surface area contributed by atoms with Gasteiger partial charge in [-0.05, 0) is 13.8 Å². The summed E-state index contributed by atoms with van der Waals surface area (Å²) in [5, 5.41) is 20.2. The van der Waals surface area contributed by atoms with E-state index in [1.54, 1.807) is 0 Å². The molecule has 0 bridgehead atoms. The van der Waals surface area contributed by atoms with E-state index >= 15 is 0 Å². The molecule has 0 saturated carbocycles. The minimum absolute atomic E-state index is 0.229. The Hall–Kier alpha value is -0.0800. The zero-order chi connectivity index (χ0) is 5.91. The highest BCUT2D eigenvalue weighted by molar-refractivity contribution is 4.61. The Bertz CT molecular complexity index is 44.5. The molecule has 0 aliphatic carbocycles. The van der Waals surface area contributed by atoms with E-state index in [9.17, 15) is 10.2 Å². The molecular formula is C5H10O2. The summed E-state index contributed by atoms with van der Waals surface area (Å²) >= 11 is 0. The molecule has 0 unspecified atom stereocenters. The van der Waals surface area contributed by atoms with Crippen LogP contribution in [-0.4, -0.2) is 12.2 Å². The molecule has 0 aliphatic rings. The summed E-state index contributed by atoms with van der Waals surface area (Å²) in [6, 6.07) is 0. The maximum atomic E-state index is 10.5. The summed E-state index contributed by atoms with van der Waals surface area (Å²) < 4.78 is 0. The van der Waals surface area contributed by atoms with Crippen LogP contribution < -0.4 is 0 Å². The Morgan fingerprint density at radius 3 is 1.86 bits per heavy atom. The van der Waals surface area contributed by atoms with Crippen LogP contribution in [0.4, 0.5) is 0 Å². The molecule has 0 heterocycles. The summed E-state index contributed by atoms with van der Waals surface area (Å²) in [5.41, 5.74) is -1.01. The fourth-order valence-corrected chi connectivity index (χ4v) is 0.246. The van der Waals surface area contributed by atoms with E-state index in [0.29, 0.717) is 0 Å². The van der Waals surface area contributed by atoms with Crippen molar-refractivity contribution in [3.8, 4) is 0 Å². The van der Waals surface area contributed by atoms with Crippen molar-refractivity contribution in [2.75, 3.05) is 6.61 Å². The zero-order valence-electron chi connectivity index (χ0n) is 4.73. The first-order chi connectivity index (χ1) is 3.06. The summed E-state index contributed by atoms with van der Waals surface area (Å²) in [4.78, 5) is 0. The third-order valence-corrected chi connectivity index (χ3v) is 0.704. The second kappa shape index (κ2) is 2.28. The van der Waals surface area contributed by atoms with Crippen LogP contribution in [0.25, 0.3) is 0 Å². The predicted octanol–water partition coefficient (Wildman–Crippen LogP) is 1.02. The van der Waals surface area contributed by atoms with E-state index in [1.165, 1.54) is 13.8 Å². The Morgan fingerprint density at radius 1 is 1.43 bits per heavy atom. The van der Waals surface area contributed by atoms with Crippen LogP contribution >= 0.6 is 0 Å². The highest BCUT2D eigenvalue weighted by Gasteiger charge is 2.12. The summed E-state index contributed by atoms with van der Waals surface area (Å²) in [6.07, 6.45) is 0.229. The van der Waals surface area contributed by atoms with Crippen LogP contribution in [0.3, 0.4) is 0 Å². The van der Waals surface area contributed by atoms with Gasteiger partial charge in [0.1, 0.15) is 5.60 Å². The van der Waals surface area contributed by atoms with E-state index in [4.69, 9.17) is 0 Å². The number of rotatable bonds is 2. The van der Waals surface area contributed by atoms with Gasteiger partial charge < -0.3 is 0 Å². The number of hydrogen-bond donors (Lipinski definition) is 0. The third-order valence-electron chi connectivity index (χ3n) is 0.704. The van der Waals surface area contributed by atoms with E-state index in [-0.39, 0.29) is 13.0 Å². The molecule has 0 spiro atoms. The second-order valence-electron chi connectivity index (χ2n) is 2.21. The highest BCUT2D eigenvalue weighted by atomic mass is 16.3. The predicted molar refractivity (Wildman–Crippen MR) is 24.9 cm³/mol. The fourth-order valence-electron chi connectivity index (χ4n) is 0.246. The molecule has 7 heavy (non-hydrogen) atoms. The molecule has 0 amide bonds. The lowest BCUT2D eigenvalue weighted by molar-refractivity contribution is -0.0226. The molecule has 0 rings (SSSR count).